The normalized spacial score (nSPS) is 14.6. The van der Waals surface area contributed by atoms with Gasteiger partial charge in [0.2, 0.25) is 0 Å². The van der Waals surface area contributed by atoms with E-state index < -0.39 is 5.41 Å². The monoisotopic (exact) mass is 740 g/mol. The van der Waals surface area contributed by atoms with Crippen molar-refractivity contribution in [1.82, 2.24) is 0 Å². The van der Waals surface area contributed by atoms with Crippen molar-refractivity contribution >= 4 is 55.9 Å². The highest BCUT2D eigenvalue weighted by Crippen LogP contribution is 2.67. The summed E-state index contributed by atoms with van der Waals surface area (Å²) in [7, 11) is 0. The summed E-state index contributed by atoms with van der Waals surface area (Å²) in [6.07, 6.45) is 0. The van der Waals surface area contributed by atoms with Crippen molar-refractivity contribution in [3.05, 3.63) is 241 Å². The lowest BCUT2D eigenvalue weighted by molar-refractivity contribution is 0.628. The van der Waals surface area contributed by atoms with Gasteiger partial charge in [0.1, 0.15) is 11.3 Å². The maximum atomic E-state index is 7.04. The topological polar surface area (TPSA) is 19.6 Å². The van der Waals surface area contributed by atoms with Crippen molar-refractivity contribution in [2.75, 3.05) is 9.80 Å². The number of benzene rings is 9. The van der Waals surface area contributed by atoms with Gasteiger partial charge in [-0.05, 0) is 94.4 Å². The van der Waals surface area contributed by atoms with Gasteiger partial charge < -0.3 is 14.2 Å². The van der Waals surface area contributed by atoms with Crippen LogP contribution in [0.25, 0.3) is 44.2 Å². The first-order valence-electron chi connectivity index (χ1n) is 19.9. The number of nitrogens with zero attached hydrogens (tertiary/aromatic N) is 2. The number of fused-ring (bicyclic) bond motifs is 13. The zero-order chi connectivity index (χ0) is 38.2. The molecular weight excluding hydrogens is 705 g/mol. The molecule has 2 aliphatic rings. The predicted molar refractivity (Wildman–Crippen MR) is 239 cm³/mol. The van der Waals surface area contributed by atoms with Crippen LogP contribution in [0.5, 0.6) is 0 Å². The summed E-state index contributed by atoms with van der Waals surface area (Å²) in [6, 6.07) is 79.1. The third-order valence-electron chi connectivity index (χ3n) is 12.2. The Morgan fingerprint density at radius 2 is 0.879 bits per heavy atom. The second-order valence-electron chi connectivity index (χ2n) is 15.2. The van der Waals surface area contributed by atoms with Crippen LogP contribution < -0.4 is 9.80 Å². The minimum atomic E-state index is -0.710. The van der Waals surface area contributed by atoms with Crippen molar-refractivity contribution in [2.24, 2.45) is 0 Å². The molecule has 3 heteroatoms. The Bertz CT molecular complexity index is 3140. The molecule has 0 fully saturated rings. The van der Waals surface area contributed by atoms with Gasteiger partial charge in [-0.15, -0.1) is 0 Å². The lowest BCUT2D eigenvalue weighted by Crippen LogP contribution is -2.28. The number of hydrogen-bond donors (Lipinski definition) is 0. The van der Waals surface area contributed by atoms with Crippen LogP contribution in [0.3, 0.4) is 0 Å². The van der Waals surface area contributed by atoms with Crippen LogP contribution in [0.4, 0.5) is 34.1 Å². The third-order valence-corrected chi connectivity index (χ3v) is 12.2. The molecule has 0 aliphatic heterocycles. The molecule has 0 radical (unpaired) electrons. The minimum Gasteiger partial charge on any atom is -0.456 e. The van der Waals surface area contributed by atoms with E-state index in [4.69, 9.17) is 4.42 Å². The van der Waals surface area contributed by atoms with Crippen LogP contribution in [0.1, 0.15) is 22.3 Å². The second-order valence-corrected chi connectivity index (χ2v) is 15.2. The Labute approximate surface area is 337 Å². The summed E-state index contributed by atoms with van der Waals surface area (Å²) in [5.74, 6) is 0.932. The molecule has 12 rings (SSSR count). The molecule has 10 aromatic rings. The van der Waals surface area contributed by atoms with E-state index >= 15 is 0 Å². The van der Waals surface area contributed by atoms with Gasteiger partial charge in [0, 0.05) is 50.2 Å². The molecule has 1 unspecified atom stereocenters. The maximum Gasteiger partial charge on any atom is 0.140 e. The van der Waals surface area contributed by atoms with E-state index in [0.717, 1.165) is 56.4 Å². The summed E-state index contributed by atoms with van der Waals surface area (Å²) in [6.45, 7) is 0. The van der Waals surface area contributed by atoms with Gasteiger partial charge >= 0.3 is 0 Å². The molecule has 3 nitrogen and oxygen atoms in total. The van der Waals surface area contributed by atoms with Gasteiger partial charge in [0.25, 0.3) is 0 Å². The van der Waals surface area contributed by atoms with E-state index in [1.807, 2.05) is 0 Å². The number of furan rings is 1. The van der Waals surface area contributed by atoms with Gasteiger partial charge in [-0.2, -0.15) is 0 Å². The number of rotatable bonds is 6. The molecule has 0 saturated carbocycles. The first-order chi connectivity index (χ1) is 28.8. The molecule has 0 bridgehead atoms. The highest BCUT2D eigenvalue weighted by atomic mass is 16.3. The standard InChI is InChI=1S/C55H36N2O/c1-4-20-38(21-5-1)56(39-22-6-2-7-23-39)50-32-17-29-46-52(50)55(53-45-28-13-15-33-51(45)58-54(46)53)47-30-14-12-27-43(47)44-35-34-41(36-48(44)55)57(40-24-8-3-9-25-40)49-31-16-19-37-18-10-11-26-42(37)49/h1-36H. The van der Waals surface area contributed by atoms with Gasteiger partial charge in [-0.1, -0.05) is 152 Å². The molecule has 1 spiro atoms. The Hall–Kier alpha value is -7.62. The van der Waals surface area contributed by atoms with E-state index in [1.54, 1.807) is 0 Å². The molecule has 58 heavy (non-hydrogen) atoms. The van der Waals surface area contributed by atoms with E-state index in [2.05, 4.69) is 228 Å². The SMILES string of the molecule is c1ccc(N(c2ccccc2)c2cccc3c2C2(c4ccccc4-c4ccc(N(c5ccccc5)c5cccc6ccccc56)cc42)c2c-3oc3ccccc23)cc1. The van der Waals surface area contributed by atoms with E-state index in [9.17, 15) is 0 Å². The highest BCUT2D eigenvalue weighted by Gasteiger charge is 2.56. The molecule has 0 saturated heterocycles. The smallest absolute Gasteiger partial charge is 0.140 e. The van der Waals surface area contributed by atoms with E-state index in [1.165, 1.54) is 44.2 Å². The highest BCUT2D eigenvalue weighted by molar-refractivity contribution is 6.06. The molecule has 272 valence electrons. The molecule has 9 aromatic carbocycles. The quantitative estimate of drug-likeness (QED) is 0.169. The van der Waals surface area contributed by atoms with Crippen LogP contribution in [0.15, 0.2) is 223 Å². The van der Waals surface area contributed by atoms with E-state index in [-0.39, 0.29) is 0 Å². The molecule has 0 amide bonds. The van der Waals surface area contributed by atoms with Crippen molar-refractivity contribution in [2.45, 2.75) is 5.41 Å². The Morgan fingerprint density at radius 3 is 1.62 bits per heavy atom. The van der Waals surface area contributed by atoms with Crippen LogP contribution in [0.2, 0.25) is 0 Å². The Kier molecular flexibility index (Phi) is 7.14. The largest absolute Gasteiger partial charge is 0.456 e. The molecule has 1 atom stereocenters. The van der Waals surface area contributed by atoms with Gasteiger partial charge in [-0.3, -0.25) is 0 Å². The van der Waals surface area contributed by atoms with Crippen LogP contribution in [-0.2, 0) is 5.41 Å². The van der Waals surface area contributed by atoms with Crippen molar-refractivity contribution < 1.29 is 4.42 Å². The van der Waals surface area contributed by atoms with Gasteiger partial charge in [0.05, 0.1) is 16.8 Å². The van der Waals surface area contributed by atoms with Crippen molar-refractivity contribution in [1.29, 1.82) is 0 Å². The molecular formula is C55H36N2O. The Balaban J connectivity index is 1.21. The fourth-order valence-electron chi connectivity index (χ4n) is 9.98. The summed E-state index contributed by atoms with van der Waals surface area (Å²) >= 11 is 0. The number of anilines is 6. The average molecular weight is 741 g/mol. The lowest BCUT2D eigenvalue weighted by atomic mass is 9.69. The summed E-state index contributed by atoms with van der Waals surface area (Å²) in [5, 5.41) is 3.54. The first-order valence-corrected chi connectivity index (χ1v) is 19.9. The Morgan fingerprint density at radius 1 is 0.345 bits per heavy atom. The predicted octanol–water partition coefficient (Wildman–Crippen LogP) is 14.9. The number of para-hydroxylation sites is 4. The molecule has 0 N–H and O–H groups in total. The van der Waals surface area contributed by atoms with Crippen LogP contribution in [0, 0.1) is 0 Å². The van der Waals surface area contributed by atoms with Crippen molar-refractivity contribution in [3.8, 4) is 22.5 Å². The average Bonchev–Trinajstić information content (AvgIpc) is 3.92. The zero-order valence-corrected chi connectivity index (χ0v) is 31.6. The molecule has 1 heterocycles. The lowest BCUT2D eigenvalue weighted by Gasteiger charge is -2.36. The van der Waals surface area contributed by atoms with Gasteiger partial charge in [-0.25, -0.2) is 0 Å². The fraction of sp³-hybridized carbons (Fsp3) is 0.0182. The number of hydrogen-bond acceptors (Lipinski definition) is 3. The summed E-state index contributed by atoms with van der Waals surface area (Å²) in [4.78, 5) is 4.85. The maximum absolute atomic E-state index is 7.04. The molecule has 2 aliphatic carbocycles. The fourth-order valence-corrected chi connectivity index (χ4v) is 9.98. The van der Waals surface area contributed by atoms with Crippen LogP contribution in [-0.4, -0.2) is 0 Å². The van der Waals surface area contributed by atoms with Gasteiger partial charge in [0.15, 0.2) is 0 Å². The van der Waals surface area contributed by atoms with Crippen molar-refractivity contribution in [3.63, 3.8) is 0 Å². The van der Waals surface area contributed by atoms with Crippen LogP contribution >= 0.6 is 0 Å². The third kappa shape index (κ3) is 4.56. The summed E-state index contributed by atoms with van der Waals surface area (Å²) in [5.41, 5.74) is 15.3. The molecule has 1 aromatic heterocycles. The zero-order valence-electron chi connectivity index (χ0n) is 31.6. The van der Waals surface area contributed by atoms with E-state index in [0.29, 0.717) is 0 Å². The minimum absolute atomic E-state index is 0.710. The summed E-state index contributed by atoms with van der Waals surface area (Å²) < 4.78 is 7.04. The first kappa shape index (κ1) is 32.6. The second kappa shape index (κ2) is 12.7.